The number of aryl methyl sites for hydroxylation is 1. The van der Waals surface area contributed by atoms with Gasteiger partial charge in [0.15, 0.2) is 9.84 Å². The van der Waals surface area contributed by atoms with E-state index < -0.39 is 15.1 Å². The van der Waals surface area contributed by atoms with Crippen LogP contribution in [-0.4, -0.2) is 23.9 Å². The van der Waals surface area contributed by atoms with Gasteiger partial charge in [-0.3, -0.25) is 0 Å². The number of sulfone groups is 1. The van der Waals surface area contributed by atoms with E-state index in [0.29, 0.717) is 17.3 Å². The maximum atomic E-state index is 12.1. The highest BCUT2D eigenvalue weighted by molar-refractivity contribution is 7.92. The summed E-state index contributed by atoms with van der Waals surface area (Å²) in [6.45, 7) is 4.99. The van der Waals surface area contributed by atoms with Gasteiger partial charge < -0.3 is 4.42 Å². The van der Waals surface area contributed by atoms with E-state index in [0.717, 1.165) is 0 Å². The summed E-state index contributed by atoms with van der Waals surface area (Å²) in [5, 5.41) is 7.14. The fourth-order valence-corrected chi connectivity index (χ4v) is 2.60. The van der Waals surface area contributed by atoms with Crippen LogP contribution in [0.15, 0.2) is 33.6 Å². The van der Waals surface area contributed by atoms with Gasteiger partial charge in [-0.05, 0) is 32.0 Å². The van der Waals surface area contributed by atoms with Crippen molar-refractivity contribution in [1.29, 1.82) is 0 Å². The third-order valence-electron chi connectivity index (χ3n) is 2.56. The number of aromatic nitrogens is 2. The first-order valence-corrected chi connectivity index (χ1v) is 7.10. The fraction of sp³-hybridized carbons (Fsp3) is 0.333. The lowest BCUT2D eigenvalue weighted by molar-refractivity contribution is 0.532. The summed E-state index contributed by atoms with van der Waals surface area (Å²) in [5.74, 6) is 0.774. The molecule has 0 fully saturated rings. The van der Waals surface area contributed by atoms with E-state index in [1.807, 2.05) is 0 Å². The van der Waals surface area contributed by atoms with E-state index in [9.17, 15) is 8.42 Å². The van der Waals surface area contributed by atoms with Crippen LogP contribution in [0.1, 0.15) is 19.7 Å². The molecule has 0 N–H and O–H groups in total. The van der Waals surface area contributed by atoms with Gasteiger partial charge in [-0.2, -0.15) is 0 Å². The summed E-state index contributed by atoms with van der Waals surface area (Å²) in [7, 11) is -3.29. The van der Waals surface area contributed by atoms with Gasteiger partial charge in [0, 0.05) is 12.5 Å². The van der Waals surface area contributed by atoms with Gasteiger partial charge in [-0.25, -0.2) is 8.42 Å². The van der Waals surface area contributed by atoms with Crippen molar-refractivity contribution < 1.29 is 12.8 Å². The van der Waals surface area contributed by atoms with Crippen LogP contribution < -0.4 is 0 Å². The third-order valence-corrected chi connectivity index (χ3v) is 4.71. The molecule has 6 heteroatoms. The predicted octanol–water partition coefficient (Wildman–Crippen LogP) is 2.23. The van der Waals surface area contributed by atoms with Gasteiger partial charge in [0.2, 0.25) is 11.8 Å². The molecule has 0 atom stereocenters. The molecule has 0 aliphatic heterocycles. The van der Waals surface area contributed by atoms with Crippen LogP contribution in [0.2, 0.25) is 0 Å². The van der Waals surface area contributed by atoms with Crippen molar-refractivity contribution in [3.8, 4) is 11.5 Å². The predicted molar refractivity (Wildman–Crippen MR) is 66.8 cm³/mol. The Labute approximate surface area is 106 Å². The van der Waals surface area contributed by atoms with Gasteiger partial charge in [-0.15, -0.1) is 10.2 Å². The number of nitrogens with zero attached hydrogens (tertiary/aromatic N) is 2. The van der Waals surface area contributed by atoms with Crippen molar-refractivity contribution in [1.82, 2.24) is 10.2 Å². The summed E-state index contributed by atoms with van der Waals surface area (Å²) in [4.78, 5) is 0.269. The van der Waals surface area contributed by atoms with Gasteiger partial charge in [0.25, 0.3) is 0 Å². The van der Waals surface area contributed by atoms with Gasteiger partial charge in [0.1, 0.15) is 0 Å². The molecule has 5 nitrogen and oxygen atoms in total. The van der Waals surface area contributed by atoms with Crippen molar-refractivity contribution in [3.63, 3.8) is 0 Å². The molecule has 0 amide bonds. The molecule has 1 heterocycles. The summed E-state index contributed by atoms with van der Waals surface area (Å²) in [6, 6.07) is 6.54. The molecule has 0 aliphatic carbocycles. The molecule has 96 valence electrons. The third kappa shape index (κ3) is 2.28. The molecule has 0 saturated heterocycles. The number of hydrogen-bond acceptors (Lipinski definition) is 5. The second-order valence-corrected chi connectivity index (χ2v) is 6.75. The van der Waals surface area contributed by atoms with E-state index in [4.69, 9.17) is 4.42 Å². The van der Waals surface area contributed by atoms with Gasteiger partial charge >= 0.3 is 0 Å². The summed E-state index contributed by atoms with van der Waals surface area (Å²) in [5.41, 5.74) is 0.609. The molecule has 0 unspecified atom stereocenters. The molecule has 2 aromatic rings. The fourth-order valence-electron chi connectivity index (χ4n) is 1.49. The van der Waals surface area contributed by atoms with Crippen LogP contribution in [0.5, 0.6) is 0 Å². The molecule has 0 aliphatic rings. The average molecular weight is 266 g/mol. The smallest absolute Gasteiger partial charge is 0.247 e. The molecule has 0 spiro atoms. The number of benzene rings is 1. The molecule has 18 heavy (non-hydrogen) atoms. The normalized spacial score (nSPS) is 12.0. The van der Waals surface area contributed by atoms with E-state index >= 15 is 0 Å². The minimum absolute atomic E-state index is 0.269. The Bertz CT molecular complexity index is 659. The molecule has 1 aromatic heterocycles. The monoisotopic (exact) mass is 266 g/mol. The zero-order chi connectivity index (χ0) is 13.3. The first-order valence-electron chi connectivity index (χ1n) is 5.55. The van der Waals surface area contributed by atoms with E-state index in [2.05, 4.69) is 10.2 Å². The minimum Gasteiger partial charge on any atom is -0.421 e. The van der Waals surface area contributed by atoms with Crippen LogP contribution in [0.25, 0.3) is 11.5 Å². The maximum Gasteiger partial charge on any atom is 0.247 e. The van der Waals surface area contributed by atoms with E-state index in [1.54, 1.807) is 45.0 Å². The Morgan fingerprint density at radius 2 is 1.94 bits per heavy atom. The van der Waals surface area contributed by atoms with Crippen LogP contribution in [0, 0.1) is 6.92 Å². The molecular weight excluding hydrogens is 252 g/mol. The maximum absolute atomic E-state index is 12.1. The van der Waals surface area contributed by atoms with Gasteiger partial charge in [0.05, 0.1) is 10.1 Å². The highest BCUT2D eigenvalue weighted by atomic mass is 32.2. The molecule has 2 rings (SSSR count). The highest BCUT2D eigenvalue weighted by Gasteiger charge is 2.20. The number of rotatable bonds is 3. The molecular formula is C12H14N2O3S. The lowest BCUT2D eigenvalue weighted by Crippen LogP contribution is -2.13. The number of hydrogen-bond donors (Lipinski definition) is 0. The summed E-state index contributed by atoms with van der Waals surface area (Å²) in [6.07, 6.45) is 0. The minimum atomic E-state index is -3.29. The van der Waals surface area contributed by atoms with Crippen molar-refractivity contribution in [3.05, 3.63) is 30.2 Å². The van der Waals surface area contributed by atoms with Crippen LogP contribution in [-0.2, 0) is 9.84 Å². The molecule has 0 saturated carbocycles. The van der Waals surface area contributed by atoms with E-state index in [-0.39, 0.29) is 4.90 Å². The largest absolute Gasteiger partial charge is 0.421 e. The van der Waals surface area contributed by atoms with Crippen LogP contribution >= 0.6 is 0 Å². The zero-order valence-corrected chi connectivity index (χ0v) is 11.2. The second-order valence-electron chi connectivity index (χ2n) is 4.25. The standard InChI is InChI=1S/C12H14N2O3S/c1-8(2)18(15,16)11-6-4-5-10(7-11)12-14-13-9(3)17-12/h4-8H,1-3H3. The first-order chi connectivity index (χ1) is 8.41. The Morgan fingerprint density at radius 1 is 1.22 bits per heavy atom. The van der Waals surface area contributed by atoms with Crippen molar-refractivity contribution in [2.24, 2.45) is 0 Å². The topological polar surface area (TPSA) is 73.1 Å². The molecule has 0 bridgehead atoms. The summed E-state index contributed by atoms with van der Waals surface area (Å²) >= 11 is 0. The van der Waals surface area contributed by atoms with E-state index in [1.165, 1.54) is 0 Å². The lowest BCUT2D eigenvalue weighted by atomic mass is 10.2. The molecule has 1 aromatic carbocycles. The average Bonchev–Trinajstić information content (AvgIpc) is 2.76. The Kier molecular flexibility index (Phi) is 3.21. The lowest BCUT2D eigenvalue weighted by Gasteiger charge is -2.08. The van der Waals surface area contributed by atoms with Crippen LogP contribution in [0.3, 0.4) is 0 Å². The zero-order valence-electron chi connectivity index (χ0n) is 10.4. The first kappa shape index (κ1) is 12.8. The SMILES string of the molecule is Cc1nnc(-c2cccc(S(=O)(=O)C(C)C)c2)o1. The van der Waals surface area contributed by atoms with Crippen molar-refractivity contribution >= 4 is 9.84 Å². The summed E-state index contributed by atoms with van der Waals surface area (Å²) < 4.78 is 29.4. The Balaban J connectivity index is 2.49. The van der Waals surface area contributed by atoms with Crippen molar-refractivity contribution in [2.75, 3.05) is 0 Å². The Morgan fingerprint density at radius 3 is 2.50 bits per heavy atom. The van der Waals surface area contributed by atoms with Crippen molar-refractivity contribution in [2.45, 2.75) is 30.9 Å². The van der Waals surface area contributed by atoms with Crippen LogP contribution in [0.4, 0.5) is 0 Å². The Hall–Kier alpha value is -1.69. The molecule has 0 radical (unpaired) electrons. The quantitative estimate of drug-likeness (QED) is 0.851. The second kappa shape index (κ2) is 4.53. The van der Waals surface area contributed by atoms with Gasteiger partial charge in [-0.1, -0.05) is 6.07 Å². The highest BCUT2D eigenvalue weighted by Crippen LogP contribution is 2.23.